The lowest BCUT2D eigenvalue weighted by molar-refractivity contribution is 0.918. The van der Waals surface area contributed by atoms with Gasteiger partial charge in [0.05, 0.1) is 0 Å². The van der Waals surface area contributed by atoms with E-state index in [9.17, 15) is 0 Å². The molecule has 1 atom stereocenters. The maximum atomic E-state index is 2.29. The molecule has 22 heavy (non-hydrogen) atoms. The van der Waals surface area contributed by atoms with Crippen molar-refractivity contribution in [1.82, 2.24) is 0 Å². The number of rotatable bonds is 3. The van der Waals surface area contributed by atoms with E-state index in [1.54, 1.807) is 0 Å². The number of benzene rings is 3. The average molecular weight is 286 g/mol. The predicted octanol–water partition coefficient (Wildman–Crippen LogP) is 6.12. The number of hydrogen-bond donors (Lipinski definition) is 0. The Kier molecular flexibility index (Phi) is 4.11. The van der Waals surface area contributed by atoms with Gasteiger partial charge in [0, 0.05) is 5.92 Å². The van der Waals surface area contributed by atoms with Crippen LogP contribution in [0.25, 0.3) is 11.1 Å². The first kappa shape index (κ1) is 14.6. The summed E-state index contributed by atoms with van der Waals surface area (Å²) in [5.74, 6) is 0.420. The highest BCUT2D eigenvalue weighted by molar-refractivity contribution is 5.63. The number of hydrogen-bond acceptors (Lipinski definition) is 0. The third kappa shape index (κ3) is 3.12. The molecule has 0 heterocycles. The van der Waals surface area contributed by atoms with Crippen molar-refractivity contribution in [3.8, 4) is 11.1 Å². The molecule has 0 nitrogen and oxygen atoms in total. The summed E-state index contributed by atoms with van der Waals surface area (Å²) in [7, 11) is 0. The fraction of sp³-hybridized carbons (Fsp3) is 0.182. The van der Waals surface area contributed by atoms with E-state index in [4.69, 9.17) is 0 Å². The van der Waals surface area contributed by atoms with Crippen molar-refractivity contribution in [3.63, 3.8) is 0 Å². The molecule has 0 aromatic heterocycles. The molecule has 3 rings (SSSR count). The molecule has 0 aliphatic carbocycles. The molecule has 0 spiro atoms. The van der Waals surface area contributed by atoms with Crippen LogP contribution in [-0.2, 0) is 0 Å². The van der Waals surface area contributed by atoms with Crippen LogP contribution in [0.3, 0.4) is 0 Å². The van der Waals surface area contributed by atoms with Crippen molar-refractivity contribution in [1.29, 1.82) is 0 Å². The molecular formula is C22H22. The summed E-state index contributed by atoms with van der Waals surface area (Å²) in [5.41, 5.74) is 7.98. The third-order valence-electron chi connectivity index (χ3n) is 4.26. The molecule has 0 aliphatic heterocycles. The minimum absolute atomic E-state index is 0.420. The molecule has 3 aromatic rings. The van der Waals surface area contributed by atoms with E-state index < -0.39 is 0 Å². The van der Waals surface area contributed by atoms with Crippen LogP contribution in [0.4, 0.5) is 0 Å². The van der Waals surface area contributed by atoms with Crippen molar-refractivity contribution in [3.05, 3.63) is 95.1 Å². The lowest BCUT2D eigenvalue weighted by atomic mass is 9.90. The molecule has 0 bridgehead atoms. The van der Waals surface area contributed by atoms with Gasteiger partial charge in [-0.1, -0.05) is 90.8 Å². The fourth-order valence-corrected chi connectivity index (χ4v) is 3.05. The van der Waals surface area contributed by atoms with Gasteiger partial charge < -0.3 is 0 Å². The molecule has 0 amide bonds. The molecule has 0 saturated carbocycles. The highest BCUT2D eigenvalue weighted by Crippen LogP contribution is 2.28. The van der Waals surface area contributed by atoms with Crippen molar-refractivity contribution in [2.45, 2.75) is 26.7 Å². The van der Waals surface area contributed by atoms with Crippen molar-refractivity contribution < 1.29 is 0 Å². The van der Waals surface area contributed by atoms with Gasteiger partial charge in [0.1, 0.15) is 0 Å². The second kappa shape index (κ2) is 6.19. The van der Waals surface area contributed by atoms with Gasteiger partial charge in [0.15, 0.2) is 0 Å². The Bertz CT molecular complexity index is 732. The summed E-state index contributed by atoms with van der Waals surface area (Å²) in [6, 6.07) is 26.3. The van der Waals surface area contributed by atoms with Gasteiger partial charge >= 0.3 is 0 Å². The van der Waals surface area contributed by atoms with Gasteiger partial charge in [-0.3, -0.25) is 0 Å². The Morgan fingerprint density at radius 3 is 1.73 bits per heavy atom. The molecule has 0 saturated heterocycles. The summed E-state index contributed by atoms with van der Waals surface area (Å²) in [6.07, 6.45) is 0. The van der Waals surface area contributed by atoms with Gasteiger partial charge in [-0.15, -0.1) is 0 Å². The third-order valence-corrected chi connectivity index (χ3v) is 4.26. The molecule has 0 radical (unpaired) electrons. The van der Waals surface area contributed by atoms with Crippen LogP contribution >= 0.6 is 0 Å². The van der Waals surface area contributed by atoms with Gasteiger partial charge in [-0.05, 0) is 36.1 Å². The van der Waals surface area contributed by atoms with E-state index in [1.807, 2.05) is 0 Å². The van der Waals surface area contributed by atoms with E-state index in [1.165, 1.54) is 33.4 Å². The second-order valence-electron chi connectivity index (χ2n) is 6.13. The van der Waals surface area contributed by atoms with Crippen LogP contribution < -0.4 is 0 Å². The average Bonchev–Trinajstić information content (AvgIpc) is 2.54. The van der Waals surface area contributed by atoms with Crippen LogP contribution in [0.5, 0.6) is 0 Å². The van der Waals surface area contributed by atoms with Crippen molar-refractivity contribution in [2.24, 2.45) is 0 Å². The minimum Gasteiger partial charge on any atom is -0.0622 e. The van der Waals surface area contributed by atoms with Crippen LogP contribution in [0.1, 0.15) is 35.1 Å². The van der Waals surface area contributed by atoms with Crippen LogP contribution in [0.2, 0.25) is 0 Å². The highest BCUT2D eigenvalue weighted by Gasteiger charge is 2.09. The first-order valence-corrected chi connectivity index (χ1v) is 7.87. The fourth-order valence-electron chi connectivity index (χ4n) is 3.05. The quantitative estimate of drug-likeness (QED) is 0.544. The van der Waals surface area contributed by atoms with E-state index in [0.29, 0.717) is 5.92 Å². The van der Waals surface area contributed by atoms with Crippen LogP contribution in [-0.4, -0.2) is 0 Å². The largest absolute Gasteiger partial charge is 0.0622 e. The van der Waals surface area contributed by atoms with E-state index in [2.05, 4.69) is 93.6 Å². The second-order valence-corrected chi connectivity index (χ2v) is 6.13. The molecule has 0 heteroatoms. The number of aryl methyl sites for hydroxylation is 2. The Balaban J connectivity index is 1.89. The zero-order valence-corrected chi connectivity index (χ0v) is 13.5. The Hall–Kier alpha value is -2.34. The molecule has 110 valence electrons. The van der Waals surface area contributed by atoms with Crippen molar-refractivity contribution >= 4 is 0 Å². The molecule has 0 fully saturated rings. The van der Waals surface area contributed by atoms with E-state index in [0.717, 1.165) is 0 Å². The summed E-state index contributed by atoms with van der Waals surface area (Å²) in [5, 5.41) is 0. The van der Waals surface area contributed by atoms with Gasteiger partial charge in [0.25, 0.3) is 0 Å². The smallest absolute Gasteiger partial charge is 0.00612 e. The van der Waals surface area contributed by atoms with E-state index >= 15 is 0 Å². The molecule has 1 unspecified atom stereocenters. The minimum atomic E-state index is 0.420. The lowest BCUT2D eigenvalue weighted by Gasteiger charge is -2.15. The van der Waals surface area contributed by atoms with E-state index in [-0.39, 0.29) is 0 Å². The normalized spacial score (nSPS) is 12.1. The maximum absolute atomic E-state index is 2.29. The van der Waals surface area contributed by atoms with Crippen LogP contribution in [0, 0.1) is 13.8 Å². The Morgan fingerprint density at radius 2 is 1.14 bits per heavy atom. The Labute approximate surface area is 133 Å². The zero-order chi connectivity index (χ0) is 15.5. The summed E-state index contributed by atoms with van der Waals surface area (Å²) in [6.45, 7) is 6.62. The monoisotopic (exact) mass is 286 g/mol. The predicted molar refractivity (Wildman–Crippen MR) is 95.3 cm³/mol. The van der Waals surface area contributed by atoms with Crippen LogP contribution in [0.15, 0.2) is 72.8 Å². The van der Waals surface area contributed by atoms with Gasteiger partial charge in [-0.25, -0.2) is 0 Å². The molecule has 0 aliphatic rings. The summed E-state index contributed by atoms with van der Waals surface area (Å²) in [4.78, 5) is 0. The Morgan fingerprint density at radius 1 is 0.591 bits per heavy atom. The molecule has 3 aromatic carbocycles. The first-order chi connectivity index (χ1) is 10.6. The highest BCUT2D eigenvalue weighted by atomic mass is 14.1. The van der Waals surface area contributed by atoms with Crippen molar-refractivity contribution in [2.75, 3.05) is 0 Å². The van der Waals surface area contributed by atoms with Gasteiger partial charge in [-0.2, -0.15) is 0 Å². The summed E-state index contributed by atoms with van der Waals surface area (Å²) < 4.78 is 0. The first-order valence-electron chi connectivity index (χ1n) is 7.87. The molecule has 0 N–H and O–H groups in total. The lowest BCUT2D eigenvalue weighted by Crippen LogP contribution is -1.97. The molecular weight excluding hydrogens is 264 g/mol. The SMILES string of the molecule is Cc1cc(C)cc(C(C)c2ccc(-c3ccccc3)cc2)c1. The maximum Gasteiger partial charge on any atom is 0.00612 e. The summed E-state index contributed by atoms with van der Waals surface area (Å²) >= 11 is 0. The topological polar surface area (TPSA) is 0 Å². The standard InChI is InChI=1S/C22H22/c1-16-13-17(2)15-22(14-16)18(3)19-9-11-21(12-10-19)20-7-5-4-6-8-20/h4-15,18H,1-3H3. The zero-order valence-electron chi connectivity index (χ0n) is 13.5. The van der Waals surface area contributed by atoms with Gasteiger partial charge in [0.2, 0.25) is 0 Å².